The number of para-hydroxylation sites is 1. The highest BCUT2D eigenvalue weighted by Gasteiger charge is 2.25. The Hall–Kier alpha value is -1.55. The van der Waals surface area contributed by atoms with E-state index in [-0.39, 0.29) is 17.9 Å². The standard InChI is InChI=1S/C16H25N3O/c1-13(14(2)17)16(20)19-10-6-9-18(11-12-19)15-7-4-3-5-8-15/h3-5,7-8,13-14H,6,9-12,17H2,1-2H3. The van der Waals surface area contributed by atoms with Gasteiger partial charge in [-0.3, -0.25) is 4.79 Å². The Bertz CT molecular complexity index is 433. The van der Waals surface area contributed by atoms with Crippen molar-refractivity contribution in [1.82, 2.24) is 4.90 Å². The number of carbonyl (C=O) groups excluding carboxylic acids is 1. The smallest absolute Gasteiger partial charge is 0.227 e. The lowest BCUT2D eigenvalue weighted by Crippen LogP contribution is -2.43. The van der Waals surface area contributed by atoms with Crippen molar-refractivity contribution in [3.63, 3.8) is 0 Å². The highest BCUT2D eigenvalue weighted by Crippen LogP contribution is 2.17. The van der Waals surface area contributed by atoms with E-state index in [1.807, 2.05) is 24.8 Å². The van der Waals surface area contributed by atoms with E-state index in [1.54, 1.807) is 0 Å². The summed E-state index contributed by atoms with van der Waals surface area (Å²) in [4.78, 5) is 16.7. The predicted octanol–water partition coefficient (Wildman–Crippen LogP) is 1.71. The Morgan fingerprint density at radius 1 is 1.10 bits per heavy atom. The van der Waals surface area contributed by atoms with Crippen LogP contribution in [0, 0.1) is 5.92 Å². The Kier molecular flexibility index (Phi) is 5.01. The molecule has 1 saturated heterocycles. The number of carbonyl (C=O) groups is 1. The van der Waals surface area contributed by atoms with Crippen LogP contribution in [0.4, 0.5) is 5.69 Å². The van der Waals surface area contributed by atoms with Crippen molar-refractivity contribution in [2.45, 2.75) is 26.3 Å². The third kappa shape index (κ3) is 3.51. The van der Waals surface area contributed by atoms with Crippen LogP contribution in [0.5, 0.6) is 0 Å². The summed E-state index contributed by atoms with van der Waals surface area (Å²) in [6.07, 6.45) is 1.01. The lowest BCUT2D eigenvalue weighted by atomic mass is 10.0. The topological polar surface area (TPSA) is 49.6 Å². The maximum absolute atomic E-state index is 12.4. The van der Waals surface area contributed by atoms with Gasteiger partial charge in [0, 0.05) is 37.9 Å². The van der Waals surface area contributed by atoms with Crippen molar-refractivity contribution >= 4 is 11.6 Å². The van der Waals surface area contributed by atoms with Crippen LogP contribution < -0.4 is 10.6 Å². The molecular weight excluding hydrogens is 250 g/mol. The summed E-state index contributed by atoms with van der Waals surface area (Å²) in [6.45, 7) is 7.33. The summed E-state index contributed by atoms with van der Waals surface area (Å²) in [6, 6.07) is 10.3. The maximum atomic E-state index is 12.4. The predicted molar refractivity (Wildman–Crippen MR) is 82.7 cm³/mol. The molecule has 2 unspecified atom stereocenters. The van der Waals surface area contributed by atoms with Gasteiger partial charge in [-0.05, 0) is 25.5 Å². The third-order valence-electron chi connectivity index (χ3n) is 4.11. The third-order valence-corrected chi connectivity index (χ3v) is 4.11. The van der Waals surface area contributed by atoms with Crippen molar-refractivity contribution in [3.05, 3.63) is 30.3 Å². The van der Waals surface area contributed by atoms with Gasteiger partial charge in [-0.25, -0.2) is 0 Å². The van der Waals surface area contributed by atoms with Gasteiger partial charge in [-0.2, -0.15) is 0 Å². The number of amides is 1. The van der Waals surface area contributed by atoms with Crippen LogP contribution in [-0.4, -0.2) is 43.0 Å². The Morgan fingerprint density at radius 2 is 1.80 bits per heavy atom. The molecule has 4 nitrogen and oxygen atoms in total. The molecule has 4 heteroatoms. The average molecular weight is 275 g/mol. The summed E-state index contributed by atoms with van der Waals surface area (Å²) in [5.41, 5.74) is 7.08. The minimum absolute atomic E-state index is 0.0871. The first-order valence-electron chi connectivity index (χ1n) is 7.44. The van der Waals surface area contributed by atoms with E-state index < -0.39 is 0 Å². The molecule has 110 valence electrons. The number of hydrogen-bond donors (Lipinski definition) is 1. The van der Waals surface area contributed by atoms with Gasteiger partial charge < -0.3 is 15.5 Å². The molecule has 0 saturated carbocycles. The summed E-state index contributed by atoms with van der Waals surface area (Å²) >= 11 is 0. The minimum Gasteiger partial charge on any atom is -0.370 e. The van der Waals surface area contributed by atoms with Crippen LogP contribution in [-0.2, 0) is 4.79 Å². The van der Waals surface area contributed by atoms with E-state index in [0.717, 1.165) is 32.6 Å². The molecule has 1 aromatic rings. The number of hydrogen-bond acceptors (Lipinski definition) is 3. The first-order valence-corrected chi connectivity index (χ1v) is 7.44. The average Bonchev–Trinajstić information content (AvgIpc) is 2.72. The lowest BCUT2D eigenvalue weighted by molar-refractivity contribution is -0.135. The highest BCUT2D eigenvalue weighted by molar-refractivity contribution is 5.79. The molecule has 0 spiro atoms. The van der Waals surface area contributed by atoms with E-state index in [2.05, 4.69) is 29.2 Å². The summed E-state index contributed by atoms with van der Waals surface area (Å²) in [7, 11) is 0. The molecule has 2 N–H and O–H groups in total. The molecule has 1 aliphatic rings. The van der Waals surface area contributed by atoms with Gasteiger partial charge in [0.05, 0.1) is 5.92 Å². The second-order valence-electron chi connectivity index (χ2n) is 5.65. The largest absolute Gasteiger partial charge is 0.370 e. The van der Waals surface area contributed by atoms with E-state index in [9.17, 15) is 4.79 Å². The molecule has 1 aliphatic heterocycles. The fourth-order valence-corrected chi connectivity index (χ4v) is 2.55. The zero-order valence-corrected chi connectivity index (χ0v) is 12.5. The van der Waals surface area contributed by atoms with Crippen LogP contribution in [0.25, 0.3) is 0 Å². The first-order chi connectivity index (χ1) is 9.59. The second kappa shape index (κ2) is 6.75. The summed E-state index contributed by atoms with van der Waals surface area (Å²) in [5.74, 6) is 0.0909. The molecule has 0 radical (unpaired) electrons. The van der Waals surface area contributed by atoms with Gasteiger partial charge in [0.2, 0.25) is 5.91 Å². The van der Waals surface area contributed by atoms with Crippen LogP contribution >= 0.6 is 0 Å². The van der Waals surface area contributed by atoms with Crippen molar-refractivity contribution in [1.29, 1.82) is 0 Å². The normalized spacial score (nSPS) is 19.4. The van der Waals surface area contributed by atoms with Crippen molar-refractivity contribution < 1.29 is 4.79 Å². The van der Waals surface area contributed by atoms with Crippen molar-refractivity contribution in [2.75, 3.05) is 31.1 Å². The minimum atomic E-state index is -0.0988. The summed E-state index contributed by atoms with van der Waals surface area (Å²) < 4.78 is 0. The highest BCUT2D eigenvalue weighted by atomic mass is 16.2. The molecule has 0 aromatic heterocycles. The van der Waals surface area contributed by atoms with Crippen molar-refractivity contribution in [3.8, 4) is 0 Å². The van der Waals surface area contributed by atoms with Gasteiger partial charge in [0.1, 0.15) is 0 Å². The van der Waals surface area contributed by atoms with Gasteiger partial charge >= 0.3 is 0 Å². The van der Waals surface area contributed by atoms with Gasteiger partial charge in [-0.1, -0.05) is 25.1 Å². The quantitative estimate of drug-likeness (QED) is 0.913. The lowest BCUT2D eigenvalue weighted by Gasteiger charge is -2.26. The Labute approximate surface area is 121 Å². The van der Waals surface area contributed by atoms with Gasteiger partial charge in [0.25, 0.3) is 0 Å². The molecule has 1 aromatic carbocycles. The molecule has 20 heavy (non-hydrogen) atoms. The fourth-order valence-electron chi connectivity index (χ4n) is 2.55. The van der Waals surface area contributed by atoms with Gasteiger partial charge in [-0.15, -0.1) is 0 Å². The molecular formula is C16H25N3O. The SMILES string of the molecule is CC(N)C(C)C(=O)N1CCCN(c2ccccc2)CC1. The Morgan fingerprint density at radius 3 is 2.45 bits per heavy atom. The zero-order valence-electron chi connectivity index (χ0n) is 12.5. The number of anilines is 1. The molecule has 1 amide bonds. The van der Waals surface area contributed by atoms with Gasteiger partial charge in [0.15, 0.2) is 0 Å². The fraction of sp³-hybridized carbons (Fsp3) is 0.562. The van der Waals surface area contributed by atoms with Crippen LogP contribution in [0.1, 0.15) is 20.3 Å². The Balaban J connectivity index is 1.97. The van der Waals surface area contributed by atoms with Crippen LogP contribution in [0.2, 0.25) is 0 Å². The number of nitrogens with two attached hydrogens (primary N) is 1. The molecule has 2 rings (SSSR count). The van der Waals surface area contributed by atoms with E-state index in [0.29, 0.717) is 0 Å². The number of benzene rings is 1. The molecule has 2 atom stereocenters. The monoisotopic (exact) mass is 275 g/mol. The number of nitrogens with zero attached hydrogens (tertiary/aromatic N) is 2. The second-order valence-corrected chi connectivity index (χ2v) is 5.65. The van der Waals surface area contributed by atoms with E-state index in [1.165, 1.54) is 5.69 Å². The maximum Gasteiger partial charge on any atom is 0.227 e. The van der Waals surface area contributed by atoms with Crippen LogP contribution in [0.3, 0.4) is 0 Å². The molecule has 0 bridgehead atoms. The van der Waals surface area contributed by atoms with E-state index in [4.69, 9.17) is 5.73 Å². The summed E-state index contributed by atoms with van der Waals surface area (Å²) in [5, 5.41) is 0. The molecule has 1 fully saturated rings. The van der Waals surface area contributed by atoms with Crippen molar-refractivity contribution in [2.24, 2.45) is 11.7 Å². The van der Waals surface area contributed by atoms with E-state index >= 15 is 0 Å². The molecule has 0 aliphatic carbocycles. The first kappa shape index (κ1) is 14.9. The molecule has 1 heterocycles. The zero-order chi connectivity index (χ0) is 14.5. The van der Waals surface area contributed by atoms with Crippen LogP contribution in [0.15, 0.2) is 30.3 Å². The number of rotatable bonds is 3.